The van der Waals surface area contributed by atoms with Crippen molar-refractivity contribution in [1.29, 1.82) is 0 Å². The number of hydrogen-bond acceptors (Lipinski definition) is 3. The number of aliphatic hydroxyl groups is 1. The predicted molar refractivity (Wildman–Crippen MR) is 62.1 cm³/mol. The van der Waals surface area contributed by atoms with Crippen molar-refractivity contribution in [2.45, 2.75) is 6.10 Å². The number of carbonyl (C=O) groups is 1. The molecule has 5 nitrogen and oxygen atoms in total. The van der Waals surface area contributed by atoms with Crippen LogP contribution in [-0.4, -0.2) is 27.9 Å². The average molecular weight is 235 g/mol. The normalized spacial score (nSPS) is 12.6. The van der Waals surface area contributed by atoms with Gasteiger partial charge < -0.3 is 19.5 Å². The first-order valence-electron chi connectivity index (χ1n) is 5.09. The van der Waals surface area contributed by atoms with Gasteiger partial charge in [-0.05, 0) is 18.2 Å². The third kappa shape index (κ3) is 1.74. The summed E-state index contributed by atoms with van der Waals surface area (Å²) in [7, 11) is 3.30. The van der Waals surface area contributed by atoms with Crippen LogP contribution in [0.5, 0.6) is 5.75 Å². The van der Waals surface area contributed by atoms with Crippen molar-refractivity contribution in [2.75, 3.05) is 7.11 Å². The van der Waals surface area contributed by atoms with Crippen molar-refractivity contribution in [1.82, 2.24) is 4.57 Å². The van der Waals surface area contributed by atoms with Gasteiger partial charge in [0.1, 0.15) is 5.75 Å². The number of hydrogen-bond donors (Lipinski definition) is 2. The molecule has 2 N–H and O–H groups in total. The molecule has 2 rings (SSSR count). The van der Waals surface area contributed by atoms with Gasteiger partial charge in [-0.15, -0.1) is 0 Å². The number of carboxylic acids is 1. The van der Waals surface area contributed by atoms with Gasteiger partial charge in [0.25, 0.3) is 0 Å². The molecule has 0 bridgehead atoms. The van der Waals surface area contributed by atoms with Crippen LogP contribution in [0, 0.1) is 0 Å². The maximum absolute atomic E-state index is 10.9. The number of ether oxygens (including phenoxy) is 1. The molecule has 0 amide bonds. The highest BCUT2D eigenvalue weighted by molar-refractivity contribution is 5.90. The lowest BCUT2D eigenvalue weighted by Crippen LogP contribution is -2.12. The second-order valence-corrected chi connectivity index (χ2v) is 3.78. The summed E-state index contributed by atoms with van der Waals surface area (Å²) in [6, 6.07) is 5.25. The molecule has 1 heterocycles. The fourth-order valence-electron chi connectivity index (χ4n) is 1.94. The van der Waals surface area contributed by atoms with Crippen LogP contribution in [0.15, 0.2) is 24.4 Å². The zero-order valence-corrected chi connectivity index (χ0v) is 9.54. The number of fused-ring (bicyclic) bond motifs is 1. The number of aryl methyl sites for hydroxylation is 1. The molecule has 0 aliphatic rings. The molecule has 0 saturated heterocycles. The Labute approximate surface area is 97.9 Å². The third-order valence-electron chi connectivity index (χ3n) is 2.80. The maximum Gasteiger partial charge on any atom is 0.337 e. The summed E-state index contributed by atoms with van der Waals surface area (Å²) in [5.74, 6) is -0.918. The van der Waals surface area contributed by atoms with Gasteiger partial charge in [0.15, 0.2) is 6.10 Å². The van der Waals surface area contributed by atoms with E-state index < -0.39 is 12.1 Å². The fraction of sp³-hybridized carbons (Fsp3) is 0.250. The number of aromatic nitrogens is 1. The Morgan fingerprint density at radius 3 is 2.71 bits per heavy atom. The molecule has 0 fully saturated rings. The van der Waals surface area contributed by atoms with E-state index >= 15 is 0 Å². The second-order valence-electron chi connectivity index (χ2n) is 3.78. The van der Waals surface area contributed by atoms with E-state index in [1.54, 1.807) is 12.1 Å². The van der Waals surface area contributed by atoms with Crippen LogP contribution in [0.4, 0.5) is 0 Å². The quantitative estimate of drug-likeness (QED) is 0.841. The number of nitrogens with zero attached hydrogens (tertiary/aromatic N) is 1. The Bertz CT molecular complexity index is 573. The van der Waals surface area contributed by atoms with Crippen molar-refractivity contribution < 1.29 is 19.7 Å². The lowest BCUT2D eigenvalue weighted by molar-refractivity contribution is -0.146. The summed E-state index contributed by atoms with van der Waals surface area (Å²) >= 11 is 0. The molecule has 2 aromatic rings. The summed E-state index contributed by atoms with van der Waals surface area (Å²) in [4.78, 5) is 10.9. The molecule has 0 saturated carbocycles. The van der Waals surface area contributed by atoms with E-state index in [-0.39, 0.29) is 5.56 Å². The smallest absolute Gasteiger partial charge is 0.337 e. The molecule has 0 spiro atoms. The molecule has 17 heavy (non-hydrogen) atoms. The zero-order chi connectivity index (χ0) is 12.6. The Kier molecular flexibility index (Phi) is 2.77. The summed E-state index contributed by atoms with van der Waals surface area (Å²) < 4.78 is 6.96. The van der Waals surface area contributed by atoms with E-state index in [1.807, 2.05) is 23.9 Å². The van der Waals surface area contributed by atoms with Gasteiger partial charge in [-0.2, -0.15) is 0 Å². The van der Waals surface area contributed by atoms with Gasteiger partial charge in [-0.25, -0.2) is 4.79 Å². The van der Waals surface area contributed by atoms with E-state index in [0.717, 1.165) is 5.52 Å². The van der Waals surface area contributed by atoms with Crippen LogP contribution in [0.2, 0.25) is 0 Å². The van der Waals surface area contributed by atoms with Crippen LogP contribution in [0.3, 0.4) is 0 Å². The second kappa shape index (κ2) is 4.10. The van der Waals surface area contributed by atoms with Crippen molar-refractivity contribution >= 4 is 16.9 Å². The number of benzene rings is 1. The van der Waals surface area contributed by atoms with Crippen molar-refractivity contribution in [3.8, 4) is 5.75 Å². The Hall–Kier alpha value is -2.01. The standard InChI is InChI=1S/C12H13NO4/c1-13-6-5-7-8(13)3-4-9(17-2)10(7)11(14)12(15)16/h3-6,11,14H,1-2H3,(H,15,16). The van der Waals surface area contributed by atoms with Gasteiger partial charge in [-0.1, -0.05) is 0 Å². The lowest BCUT2D eigenvalue weighted by atomic mass is 10.0. The summed E-state index contributed by atoms with van der Waals surface area (Å²) in [5.41, 5.74) is 1.14. The molecular formula is C12H13NO4. The first-order valence-corrected chi connectivity index (χ1v) is 5.09. The molecule has 1 aromatic carbocycles. The first-order chi connectivity index (χ1) is 8.06. The summed E-state index contributed by atoms with van der Waals surface area (Å²) in [6.45, 7) is 0. The SMILES string of the molecule is COc1ccc2c(ccn2C)c1C(O)C(=O)O. The lowest BCUT2D eigenvalue weighted by Gasteiger charge is -2.13. The Morgan fingerprint density at radius 1 is 1.41 bits per heavy atom. The monoisotopic (exact) mass is 235 g/mol. The molecule has 0 aliphatic carbocycles. The van der Waals surface area contributed by atoms with E-state index in [4.69, 9.17) is 9.84 Å². The van der Waals surface area contributed by atoms with Crippen molar-refractivity contribution in [2.24, 2.45) is 7.05 Å². The predicted octanol–water partition coefficient (Wildman–Crippen LogP) is 1.30. The molecule has 1 unspecified atom stereocenters. The van der Waals surface area contributed by atoms with E-state index in [9.17, 15) is 9.90 Å². The van der Waals surface area contributed by atoms with E-state index in [2.05, 4.69) is 0 Å². The minimum atomic E-state index is -1.59. The fourth-order valence-corrected chi connectivity index (χ4v) is 1.94. The number of methoxy groups -OCH3 is 1. The van der Waals surface area contributed by atoms with Gasteiger partial charge in [0.05, 0.1) is 7.11 Å². The number of rotatable bonds is 3. The van der Waals surface area contributed by atoms with Crippen molar-refractivity contribution in [3.05, 3.63) is 30.0 Å². The van der Waals surface area contributed by atoms with Gasteiger partial charge >= 0.3 is 5.97 Å². The van der Waals surface area contributed by atoms with Crippen LogP contribution >= 0.6 is 0 Å². The molecule has 90 valence electrons. The Balaban J connectivity index is 2.75. The average Bonchev–Trinajstić information content (AvgIpc) is 2.69. The van der Waals surface area contributed by atoms with Gasteiger partial charge in [0.2, 0.25) is 0 Å². The van der Waals surface area contributed by atoms with E-state index in [1.165, 1.54) is 7.11 Å². The highest BCUT2D eigenvalue weighted by Crippen LogP contribution is 2.33. The summed E-state index contributed by atoms with van der Waals surface area (Å²) in [5, 5.41) is 19.3. The highest BCUT2D eigenvalue weighted by Gasteiger charge is 2.23. The molecule has 1 atom stereocenters. The van der Waals surface area contributed by atoms with Crippen LogP contribution in [-0.2, 0) is 11.8 Å². The minimum Gasteiger partial charge on any atom is -0.496 e. The van der Waals surface area contributed by atoms with Crippen LogP contribution < -0.4 is 4.74 Å². The molecule has 1 aromatic heterocycles. The van der Waals surface area contributed by atoms with E-state index in [0.29, 0.717) is 11.1 Å². The number of aliphatic carboxylic acids is 1. The largest absolute Gasteiger partial charge is 0.496 e. The number of aliphatic hydroxyl groups excluding tert-OH is 1. The molecule has 0 radical (unpaired) electrons. The van der Waals surface area contributed by atoms with Crippen LogP contribution in [0.1, 0.15) is 11.7 Å². The molecular weight excluding hydrogens is 222 g/mol. The summed E-state index contributed by atoms with van der Waals surface area (Å²) in [6.07, 6.45) is 0.221. The first kappa shape index (κ1) is 11.5. The molecule has 5 heteroatoms. The van der Waals surface area contributed by atoms with Gasteiger partial charge in [-0.3, -0.25) is 0 Å². The van der Waals surface area contributed by atoms with Crippen molar-refractivity contribution in [3.63, 3.8) is 0 Å². The topological polar surface area (TPSA) is 71.7 Å². The minimum absolute atomic E-state index is 0.290. The maximum atomic E-state index is 10.9. The Morgan fingerprint density at radius 2 is 2.12 bits per heavy atom. The van der Waals surface area contributed by atoms with Gasteiger partial charge in [0, 0.05) is 29.7 Å². The zero-order valence-electron chi connectivity index (χ0n) is 9.54. The highest BCUT2D eigenvalue weighted by atomic mass is 16.5. The van der Waals surface area contributed by atoms with Crippen LogP contribution in [0.25, 0.3) is 10.9 Å². The molecule has 0 aliphatic heterocycles. The number of carboxylic acid groups (broad SMARTS) is 1. The third-order valence-corrected chi connectivity index (χ3v) is 2.80.